The van der Waals surface area contributed by atoms with Gasteiger partial charge in [-0.1, -0.05) is 0 Å². The fraction of sp³-hybridized carbons (Fsp3) is 0.389. The summed E-state index contributed by atoms with van der Waals surface area (Å²) in [4.78, 5) is 31.1. The molecule has 1 saturated carbocycles. The van der Waals surface area contributed by atoms with Crippen LogP contribution in [0.3, 0.4) is 0 Å². The average molecular weight is 327 g/mol. The number of amides is 1. The number of aryl methyl sites for hydroxylation is 2. The molecule has 1 amide bonds. The van der Waals surface area contributed by atoms with Crippen molar-refractivity contribution < 1.29 is 9.53 Å². The normalized spacial score (nSPS) is 13.6. The first-order valence-corrected chi connectivity index (χ1v) is 8.09. The molecule has 0 aliphatic heterocycles. The number of nitrogens with zero attached hydrogens (tertiary/aromatic N) is 1. The molecule has 0 radical (unpaired) electrons. The van der Waals surface area contributed by atoms with E-state index in [1.54, 1.807) is 26.1 Å². The van der Waals surface area contributed by atoms with E-state index >= 15 is 0 Å². The zero-order valence-corrected chi connectivity index (χ0v) is 13.9. The molecule has 6 heteroatoms. The number of hydrogen-bond acceptors (Lipinski definition) is 4. The largest absolute Gasteiger partial charge is 0.477 e. The van der Waals surface area contributed by atoms with E-state index in [0.29, 0.717) is 30.5 Å². The van der Waals surface area contributed by atoms with Crippen LogP contribution >= 0.6 is 0 Å². The number of H-pyrrole nitrogens is 1. The van der Waals surface area contributed by atoms with Gasteiger partial charge in [0.25, 0.3) is 11.5 Å². The molecule has 0 bridgehead atoms. The van der Waals surface area contributed by atoms with Crippen LogP contribution in [0.1, 0.15) is 40.0 Å². The van der Waals surface area contributed by atoms with Gasteiger partial charge in [0, 0.05) is 24.5 Å². The van der Waals surface area contributed by atoms with Crippen molar-refractivity contribution >= 4 is 5.91 Å². The van der Waals surface area contributed by atoms with Gasteiger partial charge >= 0.3 is 0 Å². The van der Waals surface area contributed by atoms with Gasteiger partial charge in [-0.25, -0.2) is 4.98 Å². The average Bonchev–Trinajstić information content (AvgIpc) is 3.35. The summed E-state index contributed by atoms with van der Waals surface area (Å²) in [6, 6.07) is 5.41. The standard InChI is InChI=1S/C18H21N3O3/c1-11-7-12(2)21-18(23)16(11)17(22)20-9-14-5-6-19-15(8-14)24-10-13-3-4-13/h5-8,13H,3-4,9-10H2,1-2H3,(H,20,22)(H,21,23). The predicted octanol–water partition coefficient (Wildman–Crippen LogP) is 2.11. The van der Waals surface area contributed by atoms with E-state index in [1.165, 1.54) is 12.8 Å². The zero-order chi connectivity index (χ0) is 17.1. The highest BCUT2D eigenvalue weighted by Crippen LogP contribution is 2.29. The summed E-state index contributed by atoms with van der Waals surface area (Å²) in [5, 5.41) is 2.78. The van der Waals surface area contributed by atoms with Crippen LogP contribution in [0.5, 0.6) is 5.88 Å². The molecule has 1 aliphatic rings. The molecular formula is C18H21N3O3. The third-order valence-corrected chi connectivity index (χ3v) is 4.01. The molecule has 6 nitrogen and oxygen atoms in total. The summed E-state index contributed by atoms with van der Waals surface area (Å²) >= 11 is 0. The SMILES string of the molecule is Cc1cc(C)c(C(=O)NCc2ccnc(OCC3CC3)c2)c(=O)[nH]1. The van der Waals surface area contributed by atoms with E-state index in [-0.39, 0.29) is 17.0 Å². The highest BCUT2D eigenvalue weighted by molar-refractivity contribution is 5.95. The molecule has 24 heavy (non-hydrogen) atoms. The monoisotopic (exact) mass is 327 g/mol. The number of carbonyl (C=O) groups excluding carboxylic acids is 1. The molecule has 2 aromatic heterocycles. The summed E-state index contributed by atoms with van der Waals surface area (Å²) in [7, 11) is 0. The van der Waals surface area contributed by atoms with E-state index in [9.17, 15) is 9.59 Å². The first kappa shape index (κ1) is 16.2. The zero-order valence-electron chi connectivity index (χ0n) is 13.9. The maximum absolute atomic E-state index is 12.3. The Morgan fingerprint density at radius 3 is 2.88 bits per heavy atom. The van der Waals surface area contributed by atoms with Crippen molar-refractivity contribution in [2.24, 2.45) is 5.92 Å². The van der Waals surface area contributed by atoms with Crippen molar-refractivity contribution in [3.8, 4) is 5.88 Å². The lowest BCUT2D eigenvalue weighted by molar-refractivity contribution is 0.0948. The van der Waals surface area contributed by atoms with Gasteiger partial charge in [0.2, 0.25) is 5.88 Å². The van der Waals surface area contributed by atoms with Crippen molar-refractivity contribution in [3.05, 3.63) is 57.1 Å². The Morgan fingerprint density at radius 2 is 2.17 bits per heavy atom. The molecular weight excluding hydrogens is 306 g/mol. The molecule has 1 aliphatic carbocycles. The van der Waals surface area contributed by atoms with Gasteiger partial charge in [-0.3, -0.25) is 9.59 Å². The van der Waals surface area contributed by atoms with Gasteiger partial charge in [0.15, 0.2) is 0 Å². The Morgan fingerprint density at radius 1 is 1.38 bits per heavy atom. The van der Waals surface area contributed by atoms with Crippen LogP contribution in [0.2, 0.25) is 0 Å². The van der Waals surface area contributed by atoms with Crippen molar-refractivity contribution in [1.82, 2.24) is 15.3 Å². The second-order valence-electron chi connectivity index (χ2n) is 6.28. The van der Waals surface area contributed by atoms with Crippen LogP contribution in [0, 0.1) is 19.8 Å². The van der Waals surface area contributed by atoms with Crippen LogP contribution in [0.4, 0.5) is 0 Å². The van der Waals surface area contributed by atoms with Crippen LogP contribution in [-0.2, 0) is 6.54 Å². The van der Waals surface area contributed by atoms with Crippen molar-refractivity contribution in [2.75, 3.05) is 6.61 Å². The van der Waals surface area contributed by atoms with Gasteiger partial charge in [-0.15, -0.1) is 0 Å². The summed E-state index contributed by atoms with van der Waals surface area (Å²) in [6.07, 6.45) is 4.11. The van der Waals surface area contributed by atoms with Gasteiger partial charge in [0.05, 0.1) is 6.61 Å². The van der Waals surface area contributed by atoms with Gasteiger partial charge in [0.1, 0.15) is 5.56 Å². The lowest BCUT2D eigenvalue weighted by Gasteiger charge is -2.09. The van der Waals surface area contributed by atoms with Gasteiger partial charge in [-0.05, 0) is 55.9 Å². The number of carbonyl (C=O) groups is 1. The number of ether oxygens (including phenoxy) is 1. The van der Waals surface area contributed by atoms with Crippen LogP contribution in [0.25, 0.3) is 0 Å². The number of hydrogen-bond donors (Lipinski definition) is 2. The molecule has 2 aromatic rings. The predicted molar refractivity (Wildman–Crippen MR) is 90.2 cm³/mol. The van der Waals surface area contributed by atoms with E-state index in [0.717, 1.165) is 11.3 Å². The summed E-state index contributed by atoms with van der Waals surface area (Å²) < 4.78 is 5.63. The molecule has 0 saturated heterocycles. The topological polar surface area (TPSA) is 84.1 Å². The summed E-state index contributed by atoms with van der Waals surface area (Å²) in [5.74, 6) is 0.843. The lowest BCUT2D eigenvalue weighted by Crippen LogP contribution is -2.30. The Balaban J connectivity index is 1.63. The Labute approximate surface area is 140 Å². The fourth-order valence-corrected chi connectivity index (χ4v) is 2.53. The third kappa shape index (κ3) is 4.01. The molecule has 2 N–H and O–H groups in total. The van der Waals surface area contributed by atoms with E-state index in [2.05, 4.69) is 15.3 Å². The highest BCUT2D eigenvalue weighted by Gasteiger charge is 2.22. The summed E-state index contributed by atoms with van der Waals surface area (Å²) in [5.41, 5.74) is 2.07. The van der Waals surface area contributed by atoms with Crippen LogP contribution in [0.15, 0.2) is 29.2 Å². The van der Waals surface area contributed by atoms with Crippen molar-refractivity contribution in [2.45, 2.75) is 33.2 Å². The molecule has 126 valence electrons. The number of aromatic nitrogens is 2. The van der Waals surface area contributed by atoms with Crippen LogP contribution in [-0.4, -0.2) is 22.5 Å². The fourth-order valence-electron chi connectivity index (χ4n) is 2.53. The Kier molecular flexibility index (Phi) is 4.64. The second kappa shape index (κ2) is 6.86. The lowest BCUT2D eigenvalue weighted by atomic mass is 10.1. The maximum Gasteiger partial charge on any atom is 0.261 e. The molecule has 3 rings (SSSR count). The Hall–Kier alpha value is -2.63. The first-order valence-electron chi connectivity index (χ1n) is 8.09. The highest BCUT2D eigenvalue weighted by atomic mass is 16.5. The van der Waals surface area contributed by atoms with E-state index in [1.807, 2.05) is 12.1 Å². The molecule has 1 fully saturated rings. The molecule has 0 atom stereocenters. The van der Waals surface area contributed by atoms with E-state index in [4.69, 9.17) is 4.74 Å². The van der Waals surface area contributed by atoms with Gasteiger partial charge in [-0.2, -0.15) is 0 Å². The Bertz CT molecular complexity index is 809. The molecule has 0 spiro atoms. The third-order valence-electron chi connectivity index (χ3n) is 4.01. The minimum Gasteiger partial charge on any atom is -0.477 e. The summed E-state index contributed by atoms with van der Waals surface area (Å²) in [6.45, 7) is 4.55. The van der Waals surface area contributed by atoms with Crippen molar-refractivity contribution in [1.29, 1.82) is 0 Å². The number of rotatable bonds is 6. The van der Waals surface area contributed by atoms with Crippen molar-refractivity contribution in [3.63, 3.8) is 0 Å². The molecule has 0 aromatic carbocycles. The smallest absolute Gasteiger partial charge is 0.261 e. The van der Waals surface area contributed by atoms with E-state index < -0.39 is 0 Å². The maximum atomic E-state index is 12.3. The van der Waals surface area contributed by atoms with Gasteiger partial charge < -0.3 is 15.0 Å². The second-order valence-corrected chi connectivity index (χ2v) is 6.28. The number of aromatic amines is 1. The molecule has 0 unspecified atom stereocenters. The number of pyridine rings is 2. The minimum absolute atomic E-state index is 0.153. The number of nitrogens with one attached hydrogen (secondary N) is 2. The quantitative estimate of drug-likeness (QED) is 0.851. The molecule has 2 heterocycles. The minimum atomic E-state index is -0.383. The van der Waals surface area contributed by atoms with Crippen LogP contribution < -0.4 is 15.6 Å². The first-order chi connectivity index (χ1) is 11.5.